The third-order valence-electron chi connectivity index (χ3n) is 5.00. The summed E-state index contributed by atoms with van der Waals surface area (Å²) >= 11 is 1.23. The molecule has 0 saturated carbocycles. The number of aliphatic hydroxyl groups excluding tert-OH is 1. The first kappa shape index (κ1) is 20.7. The number of benzene rings is 1. The molecule has 1 fully saturated rings. The molecule has 2 atom stereocenters. The number of hydrogen-bond acceptors (Lipinski definition) is 8. The van der Waals surface area contributed by atoms with E-state index < -0.39 is 5.82 Å². The summed E-state index contributed by atoms with van der Waals surface area (Å²) in [6.45, 7) is 4.53. The quantitative estimate of drug-likeness (QED) is 0.675. The van der Waals surface area contributed by atoms with Crippen LogP contribution in [0.25, 0.3) is 21.7 Å². The summed E-state index contributed by atoms with van der Waals surface area (Å²) in [4.78, 5) is 19.8. The second-order valence-electron chi connectivity index (χ2n) is 7.66. The smallest absolute Gasteiger partial charge is 0.272 e. The third kappa shape index (κ3) is 3.55. The highest BCUT2D eigenvalue weighted by atomic mass is 32.1. The standard InChI is InChI=1S/C20H23FN4O4S/c1-10-6-25(7-11(2)28-10)17-12(8-26)5-13-16(23-29-18(13)15(17)21)19-22-14(9-30-19)20(27)24(3)4/h5,9-11,26H,6-8H2,1-4H3. The van der Waals surface area contributed by atoms with E-state index in [2.05, 4.69) is 10.1 Å². The van der Waals surface area contributed by atoms with Gasteiger partial charge in [-0.25, -0.2) is 9.37 Å². The van der Waals surface area contributed by atoms with Gasteiger partial charge in [-0.1, -0.05) is 5.16 Å². The molecule has 2 unspecified atom stereocenters. The molecule has 0 spiro atoms. The van der Waals surface area contributed by atoms with Crippen LogP contribution in [-0.4, -0.2) is 65.4 Å². The first-order valence-corrected chi connectivity index (χ1v) is 10.5. The van der Waals surface area contributed by atoms with Gasteiger partial charge in [-0.15, -0.1) is 11.3 Å². The van der Waals surface area contributed by atoms with Crippen molar-refractivity contribution >= 4 is 33.9 Å². The van der Waals surface area contributed by atoms with Crippen LogP contribution < -0.4 is 4.90 Å². The number of anilines is 1. The molecule has 10 heteroatoms. The zero-order chi connectivity index (χ0) is 21.6. The van der Waals surface area contributed by atoms with E-state index in [9.17, 15) is 9.90 Å². The van der Waals surface area contributed by atoms with Crippen LogP contribution in [0.5, 0.6) is 0 Å². The number of halogens is 1. The van der Waals surface area contributed by atoms with Crippen molar-refractivity contribution in [2.75, 3.05) is 32.1 Å². The maximum Gasteiger partial charge on any atom is 0.272 e. The van der Waals surface area contributed by atoms with Crippen molar-refractivity contribution in [3.63, 3.8) is 0 Å². The molecule has 1 aromatic carbocycles. The fourth-order valence-electron chi connectivity index (χ4n) is 3.77. The van der Waals surface area contributed by atoms with E-state index >= 15 is 4.39 Å². The van der Waals surface area contributed by atoms with Gasteiger partial charge in [0.25, 0.3) is 5.91 Å². The number of carbonyl (C=O) groups is 1. The van der Waals surface area contributed by atoms with Crippen LogP contribution in [0, 0.1) is 5.82 Å². The summed E-state index contributed by atoms with van der Waals surface area (Å²) < 4.78 is 26.6. The maximum absolute atomic E-state index is 15.5. The van der Waals surface area contributed by atoms with Gasteiger partial charge in [-0.2, -0.15) is 0 Å². The molecule has 30 heavy (non-hydrogen) atoms. The number of thiazole rings is 1. The van der Waals surface area contributed by atoms with Gasteiger partial charge in [-0.3, -0.25) is 4.79 Å². The molecule has 1 amide bonds. The van der Waals surface area contributed by atoms with Crippen LogP contribution in [0.3, 0.4) is 0 Å². The van der Waals surface area contributed by atoms with E-state index in [-0.39, 0.29) is 36.0 Å². The number of amides is 1. The minimum absolute atomic E-state index is 0.000293. The van der Waals surface area contributed by atoms with Gasteiger partial charge in [0.05, 0.1) is 29.9 Å². The Morgan fingerprint density at radius 2 is 2.07 bits per heavy atom. The lowest BCUT2D eigenvalue weighted by atomic mass is 10.1. The molecular weight excluding hydrogens is 411 g/mol. The zero-order valence-electron chi connectivity index (χ0n) is 17.2. The van der Waals surface area contributed by atoms with E-state index in [0.717, 1.165) is 0 Å². The minimum Gasteiger partial charge on any atom is -0.392 e. The van der Waals surface area contributed by atoms with Gasteiger partial charge in [0, 0.05) is 38.1 Å². The second-order valence-corrected chi connectivity index (χ2v) is 8.52. The van der Waals surface area contributed by atoms with Crippen LogP contribution in [0.15, 0.2) is 16.0 Å². The van der Waals surface area contributed by atoms with Crippen molar-refractivity contribution in [2.45, 2.75) is 32.7 Å². The fourth-order valence-corrected chi connectivity index (χ4v) is 4.55. The van der Waals surface area contributed by atoms with E-state index in [1.807, 2.05) is 18.7 Å². The van der Waals surface area contributed by atoms with E-state index in [0.29, 0.717) is 40.4 Å². The Morgan fingerprint density at radius 1 is 1.37 bits per heavy atom. The molecule has 1 N–H and O–H groups in total. The minimum atomic E-state index is -0.572. The molecule has 160 valence electrons. The lowest BCUT2D eigenvalue weighted by Gasteiger charge is -2.37. The van der Waals surface area contributed by atoms with Crippen LogP contribution in [0.4, 0.5) is 10.1 Å². The molecule has 3 aromatic rings. The highest BCUT2D eigenvalue weighted by Gasteiger charge is 2.30. The van der Waals surface area contributed by atoms with Crippen molar-refractivity contribution in [3.8, 4) is 10.7 Å². The average molecular weight is 434 g/mol. The summed E-state index contributed by atoms with van der Waals surface area (Å²) in [7, 11) is 3.29. The van der Waals surface area contributed by atoms with Crippen LogP contribution in [0.1, 0.15) is 29.9 Å². The summed E-state index contributed by atoms with van der Waals surface area (Å²) in [5.74, 6) is -0.803. The topological polar surface area (TPSA) is 91.9 Å². The molecule has 1 aliphatic rings. The van der Waals surface area contributed by atoms with Crippen molar-refractivity contribution in [3.05, 3.63) is 28.5 Å². The molecule has 0 aliphatic carbocycles. The Morgan fingerprint density at radius 3 is 2.70 bits per heavy atom. The maximum atomic E-state index is 15.5. The number of hydrogen-bond donors (Lipinski definition) is 1. The summed E-state index contributed by atoms with van der Waals surface area (Å²) in [6, 6.07) is 1.68. The second kappa shape index (κ2) is 7.93. The van der Waals surface area contributed by atoms with Crippen LogP contribution >= 0.6 is 11.3 Å². The first-order chi connectivity index (χ1) is 14.3. The predicted octanol–water partition coefficient (Wildman–Crippen LogP) is 2.90. The highest BCUT2D eigenvalue weighted by Crippen LogP contribution is 2.38. The summed E-state index contributed by atoms with van der Waals surface area (Å²) in [6.07, 6.45) is -0.132. The van der Waals surface area contributed by atoms with Gasteiger partial charge in [0.2, 0.25) is 5.58 Å². The number of carbonyl (C=O) groups excluding carboxylic acids is 1. The Balaban J connectivity index is 1.79. The third-order valence-corrected chi connectivity index (χ3v) is 5.85. The van der Waals surface area contributed by atoms with Crippen molar-refractivity contribution in [1.82, 2.24) is 15.0 Å². The first-order valence-electron chi connectivity index (χ1n) is 9.59. The number of rotatable bonds is 4. The van der Waals surface area contributed by atoms with Gasteiger partial charge in [0.15, 0.2) is 11.5 Å². The molecule has 8 nitrogen and oxygen atoms in total. The highest BCUT2D eigenvalue weighted by molar-refractivity contribution is 7.13. The number of aromatic nitrogens is 2. The van der Waals surface area contributed by atoms with E-state index in [1.165, 1.54) is 16.2 Å². The van der Waals surface area contributed by atoms with Gasteiger partial charge in [0.1, 0.15) is 10.7 Å². The fraction of sp³-hybridized carbons (Fsp3) is 0.450. The predicted molar refractivity (Wildman–Crippen MR) is 111 cm³/mol. The Kier molecular flexibility index (Phi) is 5.48. The zero-order valence-corrected chi connectivity index (χ0v) is 18.0. The molecule has 1 saturated heterocycles. The monoisotopic (exact) mass is 434 g/mol. The van der Waals surface area contributed by atoms with Gasteiger partial charge in [-0.05, 0) is 19.9 Å². The molecule has 1 aliphatic heterocycles. The van der Waals surface area contributed by atoms with Crippen LogP contribution in [0.2, 0.25) is 0 Å². The van der Waals surface area contributed by atoms with Gasteiger partial charge < -0.3 is 24.2 Å². The molecule has 0 bridgehead atoms. The van der Waals surface area contributed by atoms with Crippen LogP contribution in [-0.2, 0) is 11.3 Å². The number of aliphatic hydroxyl groups is 1. The average Bonchev–Trinajstić information content (AvgIpc) is 3.33. The Hall–Kier alpha value is -2.56. The normalized spacial score (nSPS) is 19.5. The Bertz CT molecular complexity index is 1090. The van der Waals surface area contributed by atoms with Gasteiger partial charge >= 0.3 is 0 Å². The lowest BCUT2D eigenvalue weighted by molar-refractivity contribution is -0.00550. The SMILES string of the molecule is CC1CN(c2c(CO)cc3c(-c4nc(C(=O)N(C)C)cs4)noc3c2F)CC(C)O1. The molecule has 0 radical (unpaired) electrons. The molecule has 2 aromatic heterocycles. The molecular formula is C20H23FN4O4S. The van der Waals surface area contributed by atoms with E-state index in [1.54, 1.807) is 25.5 Å². The lowest BCUT2D eigenvalue weighted by Crippen LogP contribution is -2.46. The number of nitrogens with zero attached hydrogens (tertiary/aromatic N) is 4. The van der Waals surface area contributed by atoms with E-state index in [4.69, 9.17) is 9.26 Å². The number of fused-ring (bicyclic) bond motifs is 1. The van der Waals surface area contributed by atoms with Crippen molar-refractivity contribution in [2.24, 2.45) is 0 Å². The largest absolute Gasteiger partial charge is 0.392 e. The Labute approximate surface area is 176 Å². The summed E-state index contributed by atoms with van der Waals surface area (Å²) in [5.41, 5.74) is 1.37. The van der Waals surface area contributed by atoms with Crippen molar-refractivity contribution in [1.29, 1.82) is 0 Å². The number of ether oxygens (including phenoxy) is 1. The molecule has 4 rings (SSSR count). The molecule has 3 heterocycles. The number of morpholine rings is 1. The van der Waals surface area contributed by atoms with Crippen molar-refractivity contribution < 1.29 is 23.6 Å². The summed E-state index contributed by atoms with van der Waals surface area (Å²) in [5, 5.41) is 16.5.